The Morgan fingerprint density at radius 1 is 0.756 bits per heavy atom. The molecule has 0 atom stereocenters. The van der Waals surface area contributed by atoms with Gasteiger partial charge in [0.1, 0.15) is 21.4 Å². The molecule has 8 rings (SSSR count). The summed E-state index contributed by atoms with van der Waals surface area (Å²) in [5.41, 5.74) is 6.93. The highest BCUT2D eigenvalue weighted by molar-refractivity contribution is 7.99. The van der Waals surface area contributed by atoms with E-state index >= 15 is 0 Å². The molecule has 0 radical (unpaired) electrons. The van der Waals surface area contributed by atoms with Crippen molar-refractivity contribution in [2.45, 2.75) is 33.4 Å². The summed E-state index contributed by atoms with van der Waals surface area (Å²) >= 11 is 5.13. The molecule has 41 heavy (non-hydrogen) atoms. The monoisotopic (exact) mass is 585 g/mol. The number of aryl methyl sites for hydroxylation is 1. The van der Waals surface area contributed by atoms with Crippen LogP contribution in [0.2, 0.25) is 0 Å². The maximum absolute atomic E-state index is 6.09. The normalized spacial score (nSPS) is 12.5. The molecular weight excluding hydrogens is 563 g/mol. The highest BCUT2D eigenvalue weighted by atomic mass is 32.2. The minimum atomic E-state index is 0.682. The minimum Gasteiger partial charge on any atom is -0.464 e. The molecular formula is C34H23N3OS3. The van der Waals surface area contributed by atoms with Crippen LogP contribution in [0.4, 0.5) is 0 Å². The van der Waals surface area contributed by atoms with Crippen LogP contribution in [0.1, 0.15) is 17.0 Å². The van der Waals surface area contributed by atoms with Crippen molar-refractivity contribution < 1.29 is 4.42 Å². The molecule has 0 spiro atoms. The van der Waals surface area contributed by atoms with Gasteiger partial charge in [-0.2, -0.15) is 0 Å². The summed E-state index contributed by atoms with van der Waals surface area (Å²) < 4.78 is 7.15. The first kappa shape index (κ1) is 24.9. The molecule has 198 valence electrons. The molecule has 0 saturated heterocycles. The topological polar surface area (TPSA) is 51.8 Å². The predicted molar refractivity (Wildman–Crippen MR) is 170 cm³/mol. The summed E-state index contributed by atoms with van der Waals surface area (Å²) in [5.74, 6) is 2.36. The highest BCUT2D eigenvalue weighted by Gasteiger charge is 2.28. The number of benzene rings is 3. The van der Waals surface area contributed by atoms with Crippen LogP contribution < -0.4 is 0 Å². The van der Waals surface area contributed by atoms with Crippen LogP contribution in [-0.2, 0) is 18.6 Å². The van der Waals surface area contributed by atoms with E-state index in [-0.39, 0.29) is 0 Å². The molecule has 3 aromatic carbocycles. The lowest BCUT2D eigenvalue weighted by molar-refractivity contribution is 0.582. The van der Waals surface area contributed by atoms with E-state index in [0.29, 0.717) is 5.75 Å². The van der Waals surface area contributed by atoms with Crippen LogP contribution in [0.25, 0.3) is 43.0 Å². The zero-order chi connectivity index (χ0) is 27.2. The Labute approximate surface area is 249 Å². The molecule has 4 nitrogen and oxygen atoms in total. The maximum atomic E-state index is 6.09. The van der Waals surface area contributed by atoms with Gasteiger partial charge in [0.15, 0.2) is 0 Å². The van der Waals surface area contributed by atoms with Crippen molar-refractivity contribution in [3.63, 3.8) is 0 Å². The second-order valence-corrected chi connectivity index (χ2v) is 13.0. The van der Waals surface area contributed by atoms with E-state index in [1.807, 2.05) is 18.2 Å². The van der Waals surface area contributed by atoms with Gasteiger partial charge >= 0.3 is 0 Å². The highest BCUT2D eigenvalue weighted by Crippen LogP contribution is 2.48. The lowest BCUT2D eigenvalue weighted by atomic mass is 9.85. The van der Waals surface area contributed by atoms with Crippen LogP contribution in [0.15, 0.2) is 123 Å². The standard InChI is InChI=1S/C34H23N3OS3/c1-3-11-22(12-4-1)39-20-27-35-31-29-28(26-16-9-19-38-26)25-18-17-21-10-7-8-15-24(21)30(25)37-33(29)41-32(31)34(36-27)40-23-13-5-2-6-14-23/h1-16,19H,17-18,20H2. The number of hydrogen-bond donors (Lipinski definition) is 0. The first-order chi connectivity index (χ1) is 20.3. The fourth-order valence-corrected chi connectivity index (χ4v) is 8.40. The smallest absolute Gasteiger partial charge is 0.140 e. The van der Waals surface area contributed by atoms with E-state index in [9.17, 15) is 0 Å². The van der Waals surface area contributed by atoms with Crippen LogP contribution in [0.5, 0.6) is 0 Å². The molecule has 4 aromatic heterocycles. The van der Waals surface area contributed by atoms with Gasteiger partial charge in [0.05, 0.1) is 27.9 Å². The fraction of sp³-hybridized carbons (Fsp3) is 0.0882. The summed E-state index contributed by atoms with van der Waals surface area (Å²) in [5, 5.41) is 2.04. The van der Waals surface area contributed by atoms with E-state index in [1.54, 1.807) is 41.1 Å². The Kier molecular flexibility index (Phi) is 6.36. The number of fused-ring (bicyclic) bond motifs is 6. The van der Waals surface area contributed by atoms with Crippen molar-refractivity contribution >= 4 is 55.3 Å². The van der Waals surface area contributed by atoms with Crippen LogP contribution >= 0.6 is 34.9 Å². The fourth-order valence-electron chi connectivity index (χ4n) is 5.51. The molecule has 0 N–H and O–H groups in total. The number of thioether (sulfide) groups is 1. The summed E-state index contributed by atoms with van der Waals surface area (Å²) in [6.45, 7) is 0. The number of rotatable bonds is 6. The Bertz CT molecular complexity index is 2020. The van der Waals surface area contributed by atoms with E-state index in [2.05, 4.69) is 78.9 Å². The summed E-state index contributed by atoms with van der Waals surface area (Å²) in [4.78, 5) is 19.0. The van der Waals surface area contributed by atoms with Crippen molar-refractivity contribution in [2.75, 3.05) is 0 Å². The summed E-state index contributed by atoms with van der Waals surface area (Å²) in [6, 6.07) is 33.6. The molecule has 0 bridgehead atoms. The van der Waals surface area contributed by atoms with Crippen molar-refractivity contribution in [1.82, 2.24) is 15.0 Å². The molecule has 1 aliphatic rings. The van der Waals surface area contributed by atoms with Gasteiger partial charge in [-0.15, -0.1) is 23.1 Å². The van der Waals surface area contributed by atoms with Crippen LogP contribution in [0, 0.1) is 0 Å². The van der Waals surface area contributed by atoms with Gasteiger partial charge in [-0.25, -0.2) is 15.0 Å². The van der Waals surface area contributed by atoms with E-state index in [1.165, 1.54) is 21.6 Å². The third-order valence-electron chi connectivity index (χ3n) is 7.33. The number of thiophene rings is 1. The number of nitrogens with zero attached hydrogens (tertiary/aromatic N) is 3. The Morgan fingerprint density at radius 3 is 2.34 bits per heavy atom. The molecule has 0 fully saturated rings. The van der Waals surface area contributed by atoms with Gasteiger partial charge in [0.25, 0.3) is 0 Å². The number of hydrogen-bond acceptors (Lipinski definition) is 7. The molecule has 0 saturated carbocycles. The third kappa shape index (κ3) is 4.54. The zero-order valence-corrected chi connectivity index (χ0v) is 24.4. The largest absolute Gasteiger partial charge is 0.464 e. The molecule has 0 amide bonds. The SMILES string of the molecule is c1ccc(SCc2nc(Sc3ccccc3)c3sc4nc5c(c(-c6ccco6)c4c3n2)CCc2ccccc2-5)cc1. The molecule has 0 unspecified atom stereocenters. The van der Waals surface area contributed by atoms with Crippen LogP contribution in [-0.4, -0.2) is 15.0 Å². The van der Waals surface area contributed by atoms with E-state index < -0.39 is 0 Å². The molecule has 1 aliphatic carbocycles. The van der Waals surface area contributed by atoms with Crippen LogP contribution in [0.3, 0.4) is 0 Å². The zero-order valence-electron chi connectivity index (χ0n) is 21.9. The van der Waals surface area contributed by atoms with E-state index in [0.717, 1.165) is 66.0 Å². The van der Waals surface area contributed by atoms with E-state index in [4.69, 9.17) is 19.4 Å². The quantitative estimate of drug-likeness (QED) is 0.143. The number of aromatic nitrogens is 3. The van der Waals surface area contributed by atoms with Gasteiger partial charge in [-0.3, -0.25) is 0 Å². The Hall–Kier alpha value is -3.91. The lowest BCUT2D eigenvalue weighted by Crippen LogP contribution is -2.07. The van der Waals surface area contributed by atoms with Gasteiger partial charge in [0.2, 0.25) is 0 Å². The third-order valence-corrected chi connectivity index (χ3v) is 10.5. The van der Waals surface area contributed by atoms with Gasteiger partial charge < -0.3 is 4.42 Å². The molecule has 4 heterocycles. The summed E-state index contributed by atoms with van der Waals surface area (Å²) in [7, 11) is 0. The van der Waals surface area contributed by atoms with Crippen molar-refractivity contribution in [3.8, 4) is 22.6 Å². The van der Waals surface area contributed by atoms with Crippen molar-refractivity contribution in [2.24, 2.45) is 0 Å². The second kappa shape index (κ2) is 10.5. The summed E-state index contributed by atoms with van der Waals surface area (Å²) in [6.07, 6.45) is 3.65. The van der Waals surface area contributed by atoms with Crippen molar-refractivity contribution in [1.29, 1.82) is 0 Å². The number of furan rings is 1. The van der Waals surface area contributed by atoms with Gasteiger partial charge in [0, 0.05) is 26.3 Å². The lowest BCUT2D eigenvalue weighted by Gasteiger charge is -2.21. The average molecular weight is 586 g/mol. The minimum absolute atomic E-state index is 0.682. The predicted octanol–water partition coefficient (Wildman–Crippen LogP) is 9.71. The van der Waals surface area contributed by atoms with Gasteiger partial charge in [-0.1, -0.05) is 72.4 Å². The Morgan fingerprint density at radius 2 is 1.54 bits per heavy atom. The second-order valence-electron chi connectivity index (χ2n) is 9.87. The van der Waals surface area contributed by atoms with Gasteiger partial charge in [-0.05, 0) is 60.4 Å². The Balaban J connectivity index is 1.38. The number of pyridine rings is 1. The molecule has 7 heteroatoms. The molecule has 7 aromatic rings. The average Bonchev–Trinajstić information content (AvgIpc) is 3.69. The first-order valence-corrected chi connectivity index (χ1v) is 16.1. The first-order valence-electron chi connectivity index (χ1n) is 13.5. The maximum Gasteiger partial charge on any atom is 0.140 e. The van der Waals surface area contributed by atoms with Crippen molar-refractivity contribution in [3.05, 3.63) is 120 Å². The molecule has 0 aliphatic heterocycles.